The maximum atomic E-state index is 12.4. The molecule has 0 saturated heterocycles. The van der Waals surface area contributed by atoms with E-state index in [1.165, 1.54) is 17.5 Å². The molecular weight excluding hydrogens is 400 g/mol. The van der Waals surface area contributed by atoms with E-state index in [0.29, 0.717) is 32.0 Å². The molecule has 3 rings (SSSR count). The van der Waals surface area contributed by atoms with Gasteiger partial charge in [-0.05, 0) is 43.3 Å². The number of aromatic nitrogens is 2. The van der Waals surface area contributed by atoms with Crippen LogP contribution in [0.25, 0.3) is 0 Å². The number of aryl methyl sites for hydroxylation is 1. The van der Waals surface area contributed by atoms with Crippen LogP contribution >= 0.6 is 22.9 Å². The Morgan fingerprint density at radius 2 is 2.00 bits per heavy atom. The van der Waals surface area contributed by atoms with Crippen LogP contribution in [0.3, 0.4) is 0 Å². The number of benzene rings is 1. The number of hydrogen-bond donors (Lipinski definition) is 2. The Morgan fingerprint density at radius 1 is 1.21 bits per heavy atom. The van der Waals surface area contributed by atoms with Crippen molar-refractivity contribution in [3.05, 3.63) is 69.4 Å². The van der Waals surface area contributed by atoms with E-state index in [-0.39, 0.29) is 25.0 Å². The molecule has 2 amide bonds. The molecule has 0 aliphatic rings. The second-order valence-electron chi connectivity index (χ2n) is 5.74. The molecule has 2 aromatic heterocycles. The number of nitrogens with zero attached hydrogens (tertiary/aromatic N) is 2. The molecule has 3 aromatic rings. The van der Waals surface area contributed by atoms with Crippen LogP contribution in [0.15, 0.2) is 48.8 Å². The van der Waals surface area contributed by atoms with Crippen molar-refractivity contribution in [2.24, 2.45) is 0 Å². The van der Waals surface area contributed by atoms with Crippen LogP contribution in [0.5, 0.6) is 5.75 Å². The van der Waals surface area contributed by atoms with E-state index in [1.807, 2.05) is 0 Å². The summed E-state index contributed by atoms with van der Waals surface area (Å²) in [4.78, 5) is 33.0. The fraction of sp³-hybridized carbons (Fsp3) is 0.158. The highest BCUT2D eigenvalue weighted by atomic mass is 35.5. The summed E-state index contributed by atoms with van der Waals surface area (Å²) in [7, 11) is 0. The van der Waals surface area contributed by atoms with E-state index >= 15 is 0 Å². The smallest absolute Gasteiger partial charge is 0.263 e. The lowest BCUT2D eigenvalue weighted by Gasteiger charge is -2.06. The molecule has 144 valence electrons. The average molecular weight is 417 g/mol. The van der Waals surface area contributed by atoms with Gasteiger partial charge in [0.25, 0.3) is 5.91 Å². The van der Waals surface area contributed by atoms with Crippen molar-refractivity contribution in [2.45, 2.75) is 13.5 Å². The number of amides is 2. The van der Waals surface area contributed by atoms with Crippen LogP contribution < -0.4 is 15.4 Å². The first kappa shape index (κ1) is 19.8. The molecule has 0 fully saturated rings. The van der Waals surface area contributed by atoms with Gasteiger partial charge >= 0.3 is 0 Å². The standard InChI is InChI=1S/C19H17ClN4O3S/c1-12-18(19(26)22-10-16(25)24-14-3-2-8-21-9-14)28-17(23-12)11-27-15-6-4-13(20)5-7-15/h2-9H,10-11H2,1H3,(H,22,26)(H,24,25). The number of pyridine rings is 1. The highest BCUT2D eigenvalue weighted by Gasteiger charge is 2.16. The Labute approximate surface area is 170 Å². The second-order valence-corrected chi connectivity index (χ2v) is 7.26. The van der Waals surface area contributed by atoms with Crippen molar-refractivity contribution in [1.29, 1.82) is 0 Å². The molecule has 0 atom stereocenters. The van der Waals surface area contributed by atoms with Gasteiger partial charge < -0.3 is 15.4 Å². The summed E-state index contributed by atoms with van der Waals surface area (Å²) in [6.07, 6.45) is 3.14. The maximum absolute atomic E-state index is 12.4. The average Bonchev–Trinajstić information content (AvgIpc) is 3.07. The van der Waals surface area contributed by atoms with Gasteiger partial charge in [0.05, 0.1) is 24.1 Å². The van der Waals surface area contributed by atoms with Crippen LogP contribution in [0.2, 0.25) is 5.02 Å². The van der Waals surface area contributed by atoms with Crippen molar-refractivity contribution in [2.75, 3.05) is 11.9 Å². The molecule has 0 bridgehead atoms. The molecule has 0 aliphatic heterocycles. The van der Waals surface area contributed by atoms with Crippen LogP contribution in [-0.4, -0.2) is 28.3 Å². The third-order valence-electron chi connectivity index (χ3n) is 3.58. The molecule has 0 aliphatic carbocycles. The molecule has 2 N–H and O–H groups in total. The molecule has 0 unspecified atom stereocenters. The van der Waals surface area contributed by atoms with E-state index in [1.54, 1.807) is 49.5 Å². The molecule has 7 nitrogen and oxygen atoms in total. The van der Waals surface area contributed by atoms with Crippen molar-refractivity contribution in [1.82, 2.24) is 15.3 Å². The summed E-state index contributed by atoms with van der Waals surface area (Å²) < 4.78 is 5.65. The van der Waals surface area contributed by atoms with E-state index < -0.39 is 0 Å². The number of hydrogen-bond acceptors (Lipinski definition) is 6. The van der Waals surface area contributed by atoms with Gasteiger partial charge in [0.2, 0.25) is 5.91 Å². The van der Waals surface area contributed by atoms with Gasteiger partial charge in [0.15, 0.2) is 0 Å². The summed E-state index contributed by atoms with van der Waals surface area (Å²) >= 11 is 7.07. The maximum Gasteiger partial charge on any atom is 0.263 e. The van der Waals surface area contributed by atoms with Crippen molar-refractivity contribution in [3.63, 3.8) is 0 Å². The third kappa shape index (κ3) is 5.51. The Morgan fingerprint density at radius 3 is 2.71 bits per heavy atom. The predicted octanol–water partition coefficient (Wildman–Crippen LogP) is 3.45. The minimum atomic E-state index is -0.353. The molecular formula is C19H17ClN4O3S. The largest absolute Gasteiger partial charge is 0.486 e. The van der Waals surface area contributed by atoms with Gasteiger partial charge in [0, 0.05) is 11.2 Å². The van der Waals surface area contributed by atoms with E-state index in [0.717, 1.165) is 0 Å². The highest BCUT2D eigenvalue weighted by molar-refractivity contribution is 7.13. The number of carbonyl (C=O) groups is 2. The van der Waals surface area contributed by atoms with Gasteiger partial charge in [0.1, 0.15) is 22.2 Å². The first-order valence-corrected chi connectivity index (χ1v) is 9.53. The van der Waals surface area contributed by atoms with Crippen LogP contribution in [-0.2, 0) is 11.4 Å². The summed E-state index contributed by atoms with van der Waals surface area (Å²) in [5.74, 6) is -0.0285. The Bertz CT molecular complexity index is 961. The number of nitrogens with one attached hydrogen (secondary N) is 2. The first-order chi connectivity index (χ1) is 13.5. The molecule has 0 saturated carbocycles. The molecule has 1 aromatic carbocycles. The lowest BCUT2D eigenvalue weighted by molar-refractivity contribution is -0.115. The second kappa shape index (κ2) is 9.29. The van der Waals surface area contributed by atoms with Crippen LogP contribution in [0.4, 0.5) is 5.69 Å². The predicted molar refractivity (Wildman–Crippen MR) is 108 cm³/mol. The molecule has 0 spiro atoms. The minimum absolute atomic E-state index is 0.151. The zero-order valence-corrected chi connectivity index (χ0v) is 16.5. The van der Waals surface area contributed by atoms with Gasteiger partial charge in [-0.15, -0.1) is 11.3 Å². The van der Waals surface area contributed by atoms with Gasteiger partial charge in [-0.25, -0.2) is 4.98 Å². The fourth-order valence-corrected chi connectivity index (χ4v) is 3.30. The van der Waals surface area contributed by atoms with Crippen molar-refractivity contribution >= 4 is 40.4 Å². The van der Waals surface area contributed by atoms with E-state index in [9.17, 15) is 9.59 Å². The fourth-order valence-electron chi connectivity index (χ4n) is 2.28. The summed E-state index contributed by atoms with van der Waals surface area (Å²) in [6, 6.07) is 10.4. The van der Waals surface area contributed by atoms with Crippen molar-refractivity contribution < 1.29 is 14.3 Å². The van der Waals surface area contributed by atoms with Crippen LogP contribution in [0.1, 0.15) is 20.4 Å². The summed E-state index contributed by atoms with van der Waals surface area (Å²) in [5, 5.41) is 6.54. The summed E-state index contributed by atoms with van der Waals surface area (Å²) in [6.45, 7) is 1.83. The zero-order valence-electron chi connectivity index (χ0n) is 14.9. The highest BCUT2D eigenvalue weighted by Crippen LogP contribution is 2.21. The van der Waals surface area contributed by atoms with Gasteiger partial charge in [-0.3, -0.25) is 14.6 Å². The number of rotatable bonds is 7. The monoisotopic (exact) mass is 416 g/mol. The quantitative estimate of drug-likeness (QED) is 0.615. The van der Waals surface area contributed by atoms with Gasteiger partial charge in [-0.2, -0.15) is 0 Å². The number of ether oxygens (including phenoxy) is 1. The Balaban J connectivity index is 1.52. The Kier molecular flexibility index (Phi) is 6.57. The molecule has 28 heavy (non-hydrogen) atoms. The number of anilines is 1. The molecule has 2 heterocycles. The number of thiazole rings is 1. The topological polar surface area (TPSA) is 93.2 Å². The van der Waals surface area contributed by atoms with E-state index in [2.05, 4.69) is 20.6 Å². The lowest BCUT2D eigenvalue weighted by atomic mass is 10.3. The van der Waals surface area contributed by atoms with Gasteiger partial charge in [-0.1, -0.05) is 11.6 Å². The summed E-state index contributed by atoms with van der Waals surface area (Å²) in [5.41, 5.74) is 1.15. The number of halogens is 1. The Hall–Kier alpha value is -2.97. The van der Waals surface area contributed by atoms with E-state index in [4.69, 9.17) is 16.3 Å². The number of carbonyl (C=O) groups excluding carboxylic acids is 2. The van der Waals surface area contributed by atoms with Crippen molar-refractivity contribution in [3.8, 4) is 5.75 Å². The van der Waals surface area contributed by atoms with Crippen LogP contribution in [0, 0.1) is 6.92 Å². The third-order valence-corrected chi connectivity index (χ3v) is 4.96. The first-order valence-electron chi connectivity index (χ1n) is 8.34. The zero-order chi connectivity index (χ0) is 19.9. The molecule has 9 heteroatoms. The SMILES string of the molecule is Cc1nc(COc2ccc(Cl)cc2)sc1C(=O)NCC(=O)Nc1cccnc1. The lowest BCUT2D eigenvalue weighted by Crippen LogP contribution is -2.32. The molecule has 0 radical (unpaired) electrons. The normalized spacial score (nSPS) is 10.4. The minimum Gasteiger partial charge on any atom is -0.486 e.